The highest BCUT2D eigenvalue weighted by atomic mass is 35.5. The van der Waals surface area contributed by atoms with Gasteiger partial charge in [-0.25, -0.2) is 9.78 Å². The van der Waals surface area contributed by atoms with Crippen molar-refractivity contribution in [2.24, 2.45) is 5.73 Å². The van der Waals surface area contributed by atoms with Crippen molar-refractivity contribution in [1.29, 1.82) is 0 Å². The third-order valence-corrected chi connectivity index (χ3v) is 4.99. The summed E-state index contributed by atoms with van der Waals surface area (Å²) in [5.74, 6) is -0.545. The first-order valence-electron chi connectivity index (χ1n) is 7.76. The van der Waals surface area contributed by atoms with Crippen LogP contribution in [-0.4, -0.2) is 42.2 Å². The molecule has 7 nitrogen and oxygen atoms in total. The van der Waals surface area contributed by atoms with E-state index in [1.165, 1.54) is 11.3 Å². The number of aryl methyl sites for hydroxylation is 1. The van der Waals surface area contributed by atoms with Crippen LogP contribution in [0, 0.1) is 6.92 Å². The fraction of sp³-hybridized carbons (Fsp3) is 0.667. The molecule has 1 fully saturated rings. The Morgan fingerprint density at radius 1 is 1.50 bits per heavy atom. The Morgan fingerprint density at radius 2 is 2.21 bits per heavy atom. The van der Waals surface area contributed by atoms with E-state index < -0.39 is 6.10 Å². The number of hydrogen-bond acceptors (Lipinski definition) is 7. The Hall–Kier alpha value is -1.22. The van der Waals surface area contributed by atoms with E-state index >= 15 is 0 Å². The normalized spacial score (nSPS) is 21.0. The number of ether oxygens (including phenoxy) is 2. The molecule has 9 heteroatoms. The minimum absolute atomic E-state index is 0. The molecule has 3 atom stereocenters. The van der Waals surface area contributed by atoms with Gasteiger partial charge in [-0.15, -0.1) is 23.7 Å². The second-order valence-corrected chi connectivity index (χ2v) is 6.51. The number of nitrogens with zero attached hydrogens (tertiary/aromatic N) is 1. The largest absolute Gasteiger partial charge is 0.462 e. The lowest BCUT2D eigenvalue weighted by atomic mass is 10.2. The topological polar surface area (TPSA) is 104 Å². The molecule has 2 rings (SSSR count). The van der Waals surface area contributed by atoms with Gasteiger partial charge in [-0.1, -0.05) is 0 Å². The number of esters is 1. The molecule has 1 amide bonds. The fourth-order valence-corrected chi connectivity index (χ4v) is 3.39. The molecule has 2 heterocycles. The molecule has 136 valence electrons. The van der Waals surface area contributed by atoms with Gasteiger partial charge in [0.2, 0.25) is 5.91 Å². The van der Waals surface area contributed by atoms with Crippen LogP contribution in [0.3, 0.4) is 0 Å². The summed E-state index contributed by atoms with van der Waals surface area (Å²) in [7, 11) is 0. The molecule has 1 aromatic rings. The molecule has 1 unspecified atom stereocenters. The molecule has 3 N–H and O–H groups in total. The molecule has 0 aromatic carbocycles. The van der Waals surface area contributed by atoms with E-state index in [1.54, 1.807) is 13.8 Å². The Labute approximate surface area is 151 Å². The molecule has 0 radical (unpaired) electrons. The van der Waals surface area contributed by atoms with Gasteiger partial charge in [-0.3, -0.25) is 4.79 Å². The maximum Gasteiger partial charge on any atom is 0.350 e. The van der Waals surface area contributed by atoms with Crippen molar-refractivity contribution < 1.29 is 19.1 Å². The summed E-state index contributed by atoms with van der Waals surface area (Å²) in [6.07, 6.45) is 0.965. The van der Waals surface area contributed by atoms with Crippen LogP contribution in [0.25, 0.3) is 0 Å². The van der Waals surface area contributed by atoms with Crippen LogP contribution in [0.1, 0.15) is 53.1 Å². The fourth-order valence-electron chi connectivity index (χ4n) is 2.43. The highest BCUT2D eigenvalue weighted by Gasteiger charge is 2.31. The highest BCUT2D eigenvalue weighted by Crippen LogP contribution is 2.25. The lowest BCUT2D eigenvalue weighted by Crippen LogP contribution is -2.36. The second kappa shape index (κ2) is 9.31. The molecule has 1 aromatic heterocycles. The maximum absolute atomic E-state index is 12.2. The molecule has 24 heavy (non-hydrogen) atoms. The van der Waals surface area contributed by atoms with E-state index in [0.717, 1.165) is 6.42 Å². The molecule has 0 aliphatic carbocycles. The Morgan fingerprint density at radius 3 is 2.79 bits per heavy atom. The van der Waals surface area contributed by atoms with E-state index in [4.69, 9.17) is 15.2 Å². The number of carbonyl (C=O) groups excluding carboxylic acids is 2. The molecule has 0 spiro atoms. The molecule has 1 aliphatic heterocycles. The standard InChI is InChI=1S/C15H23N3O4S.ClH/c1-4-21-15(20)12-8(2)18-14(23-12)9(3)17-13(19)11-6-5-10(7-16)22-11;/h9-11H,4-7,16H2,1-3H3,(H,17,19);1H/t9?,10-,11+;/m1./s1. The Kier molecular flexibility index (Phi) is 8.08. The number of carbonyl (C=O) groups is 2. The number of rotatable bonds is 6. The zero-order valence-electron chi connectivity index (χ0n) is 14.0. The zero-order chi connectivity index (χ0) is 17.0. The third-order valence-electron chi connectivity index (χ3n) is 3.67. The van der Waals surface area contributed by atoms with Crippen LogP contribution < -0.4 is 11.1 Å². The summed E-state index contributed by atoms with van der Waals surface area (Å²) in [4.78, 5) is 28.9. The number of hydrogen-bond donors (Lipinski definition) is 2. The molecule has 0 bridgehead atoms. The van der Waals surface area contributed by atoms with Crippen LogP contribution in [0.4, 0.5) is 0 Å². The summed E-state index contributed by atoms with van der Waals surface area (Å²) < 4.78 is 10.6. The van der Waals surface area contributed by atoms with E-state index in [2.05, 4.69) is 10.3 Å². The van der Waals surface area contributed by atoms with E-state index in [0.29, 0.717) is 35.2 Å². The monoisotopic (exact) mass is 377 g/mol. The van der Waals surface area contributed by atoms with Gasteiger partial charge in [0.25, 0.3) is 0 Å². The van der Waals surface area contributed by atoms with Crippen LogP contribution in [0.15, 0.2) is 0 Å². The molecule has 1 saturated heterocycles. The maximum atomic E-state index is 12.2. The van der Waals surface area contributed by atoms with E-state index in [-0.39, 0.29) is 36.4 Å². The first-order chi connectivity index (χ1) is 11.0. The van der Waals surface area contributed by atoms with Gasteiger partial charge in [-0.2, -0.15) is 0 Å². The first kappa shape index (κ1) is 20.8. The van der Waals surface area contributed by atoms with Crippen molar-refractivity contribution in [3.63, 3.8) is 0 Å². The van der Waals surface area contributed by atoms with Crippen molar-refractivity contribution in [1.82, 2.24) is 10.3 Å². The van der Waals surface area contributed by atoms with Gasteiger partial charge < -0.3 is 20.5 Å². The van der Waals surface area contributed by atoms with Crippen molar-refractivity contribution in [2.45, 2.75) is 51.9 Å². The molecular weight excluding hydrogens is 354 g/mol. The lowest BCUT2D eigenvalue weighted by Gasteiger charge is -2.16. The highest BCUT2D eigenvalue weighted by molar-refractivity contribution is 7.13. The second-order valence-electron chi connectivity index (χ2n) is 5.48. The predicted octanol–water partition coefficient (Wildman–Crippen LogP) is 1.73. The number of nitrogens with two attached hydrogens (primary N) is 1. The molecule has 1 aliphatic rings. The Balaban J connectivity index is 0.00000288. The van der Waals surface area contributed by atoms with Gasteiger partial charge in [0, 0.05) is 6.54 Å². The zero-order valence-corrected chi connectivity index (χ0v) is 15.7. The van der Waals surface area contributed by atoms with Crippen LogP contribution in [0.2, 0.25) is 0 Å². The Bertz CT molecular complexity index is 581. The number of amides is 1. The summed E-state index contributed by atoms with van der Waals surface area (Å²) in [6, 6.07) is -0.296. The van der Waals surface area contributed by atoms with E-state index in [9.17, 15) is 9.59 Å². The summed E-state index contributed by atoms with van der Waals surface area (Å²) >= 11 is 1.24. The van der Waals surface area contributed by atoms with E-state index in [1.807, 2.05) is 6.92 Å². The predicted molar refractivity (Wildman–Crippen MR) is 93.6 cm³/mol. The quantitative estimate of drug-likeness (QED) is 0.732. The minimum Gasteiger partial charge on any atom is -0.462 e. The molecule has 0 saturated carbocycles. The van der Waals surface area contributed by atoms with Crippen LogP contribution in [0.5, 0.6) is 0 Å². The van der Waals surface area contributed by atoms with Crippen molar-refractivity contribution in [3.05, 3.63) is 15.6 Å². The number of nitrogens with one attached hydrogen (secondary N) is 1. The van der Waals surface area contributed by atoms with Crippen molar-refractivity contribution in [2.75, 3.05) is 13.2 Å². The van der Waals surface area contributed by atoms with Crippen LogP contribution >= 0.6 is 23.7 Å². The summed E-state index contributed by atoms with van der Waals surface area (Å²) in [5.41, 5.74) is 6.17. The van der Waals surface area contributed by atoms with Crippen LogP contribution in [-0.2, 0) is 14.3 Å². The smallest absolute Gasteiger partial charge is 0.350 e. The number of aromatic nitrogens is 1. The lowest BCUT2D eigenvalue weighted by molar-refractivity contribution is -0.132. The number of halogens is 1. The van der Waals surface area contributed by atoms with Gasteiger partial charge in [-0.05, 0) is 33.6 Å². The van der Waals surface area contributed by atoms with Crippen molar-refractivity contribution >= 4 is 35.6 Å². The van der Waals surface area contributed by atoms with Gasteiger partial charge >= 0.3 is 5.97 Å². The minimum atomic E-state index is -0.461. The molecular formula is C15H24ClN3O4S. The SMILES string of the molecule is CCOC(=O)c1sc(C(C)NC(=O)[C@@H]2CC[C@H](CN)O2)nc1C.Cl. The first-order valence-corrected chi connectivity index (χ1v) is 8.58. The summed E-state index contributed by atoms with van der Waals surface area (Å²) in [5, 5.41) is 3.56. The third kappa shape index (κ3) is 4.89. The van der Waals surface area contributed by atoms with Gasteiger partial charge in [0.15, 0.2) is 0 Å². The van der Waals surface area contributed by atoms with Gasteiger partial charge in [0.1, 0.15) is 16.0 Å². The van der Waals surface area contributed by atoms with Crippen molar-refractivity contribution in [3.8, 4) is 0 Å². The summed E-state index contributed by atoms with van der Waals surface area (Å²) in [6.45, 7) is 6.09. The number of thiazole rings is 1. The average molecular weight is 378 g/mol. The average Bonchev–Trinajstić information content (AvgIpc) is 3.13. The van der Waals surface area contributed by atoms with Gasteiger partial charge in [0.05, 0.1) is 24.4 Å².